The van der Waals surface area contributed by atoms with E-state index in [1.807, 2.05) is 23.1 Å². The van der Waals surface area contributed by atoms with Gasteiger partial charge in [-0.1, -0.05) is 42.5 Å². The van der Waals surface area contributed by atoms with Crippen molar-refractivity contribution in [1.29, 1.82) is 0 Å². The van der Waals surface area contributed by atoms with Crippen LogP contribution in [0, 0.1) is 11.8 Å². The molecular weight excluding hydrogens is 602 g/mol. The minimum atomic E-state index is -3.35. The van der Waals surface area contributed by atoms with Crippen LogP contribution in [-0.4, -0.2) is 91.4 Å². The zero-order chi connectivity index (χ0) is 32.0. The molecule has 45 heavy (non-hydrogen) atoms. The van der Waals surface area contributed by atoms with Crippen LogP contribution in [0.2, 0.25) is 0 Å². The number of hydrogen-bond donors (Lipinski definition) is 1. The van der Waals surface area contributed by atoms with Crippen molar-refractivity contribution >= 4 is 27.7 Å². The quantitative estimate of drug-likeness (QED) is 0.457. The van der Waals surface area contributed by atoms with Gasteiger partial charge in [-0.3, -0.25) is 14.5 Å². The number of piperidine rings is 1. The summed E-state index contributed by atoms with van der Waals surface area (Å²) in [7, 11) is -3.35. The van der Waals surface area contributed by atoms with Gasteiger partial charge in [0.2, 0.25) is 11.8 Å². The largest absolute Gasteiger partial charge is 0.341 e. The van der Waals surface area contributed by atoms with E-state index in [-0.39, 0.29) is 66.7 Å². The molecule has 0 bridgehead atoms. The molecule has 2 atom stereocenters. The van der Waals surface area contributed by atoms with Gasteiger partial charge >= 0.3 is 6.03 Å². The summed E-state index contributed by atoms with van der Waals surface area (Å²) in [5, 5.41) is 2.95. The molecule has 1 aliphatic carbocycles. The molecule has 0 radical (unpaired) electrons. The Balaban J connectivity index is 1.09. The Morgan fingerprint density at radius 2 is 1.58 bits per heavy atom. The topological polar surface area (TPSA) is 107 Å². The maximum absolute atomic E-state index is 13.8. The summed E-state index contributed by atoms with van der Waals surface area (Å²) >= 11 is 0. The van der Waals surface area contributed by atoms with Crippen molar-refractivity contribution < 1.29 is 31.6 Å². The number of alkyl halides is 2. The van der Waals surface area contributed by atoms with E-state index in [2.05, 4.69) is 22.3 Å². The fourth-order valence-electron chi connectivity index (χ4n) is 7.49. The van der Waals surface area contributed by atoms with E-state index in [9.17, 15) is 31.6 Å². The number of carbonyl (C=O) groups excluding carboxylic acids is 3. The molecule has 0 aromatic heterocycles. The molecule has 4 fully saturated rings. The monoisotopic (exact) mass is 642 g/mol. The normalized spacial score (nSPS) is 25.6. The molecule has 3 saturated heterocycles. The van der Waals surface area contributed by atoms with E-state index < -0.39 is 27.3 Å². The van der Waals surface area contributed by atoms with Crippen LogP contribution in [-0.2, 0) is 26.0 Å². The van der Waals surface area contributed by atoms with Crippen LogP contribution in [0.1, 0.15) is 55.6 Å². The van der Waals surface area contributed by atoms with E-state index >= 15 is 0 Å². The Bertz CT molecular complexity index is 1530. The van der Waals surface area contributed by atoms with Gasteiger partial charge in [-0.15, -0.1) is 0 Å². The van der Waals surface area contributed by atoms with Crippen molar-refractivity contribution in [3.8, 4) is 0 Å². The summed E-state index contributed by atoms with van der Waals surface area (Å²) in [6.45, 7) is 3.12. The van der Waals surface area contributed by atoms with E-state index in [0.29, 0.717) is 44.6 Å². The summed E-state index contributed by atoms with van der Waals surface area (Å²) in [6.07, 6.45) is 2.02. The predicted octanol–water partition coefficient (Wildman–Crippen LogP) is 4.04. The van der Waals surface area contributed by atoms with Gasteiger partial charge in [-0.25, -0.2) is 22.0 Å². The van der Waals surface area contributed by atoms with Gasteiger partial charge in [0.25, 0.3) is 5.91 Å². The minimum absolute atomic E-state index is 0.0168. The van der Waals surface area contributed by atoms with E-state index in [4.69, 9.17) is 0 Å². The highest BCUT2D eigenvalue weighted by atomic mass is 32.2. The predicted molar refractivity (Wildman–Crippen MR) is 163 cm³/mol. The number of nitrogens with one attached hydrogen (secondary N) is 1. The van der Waals surface area contributed by atoms with E-state index in [1.165, 1.54) is 17.0 Å². The average molecular weight is 643 g/mol. The summed E-state index contributed by atoms with van der Waals surface area (Å²) in [6, 6.07) is 15.8. The zero-order valence-electron chi connectivity index (χ0n) is 25.5. The third-order valence-electron chi connectivity index (χ3n) is 10.2. The molecule has 1 spiro atoms. The van der Waals surface area contributed by atoms with Crippen LogP contribution >= 0.6 is 0 Å². The van der Waals surface area contributed by atoms with E-state index in [1.54, 1.807) is 12.1 Å². The van der Waals surface area contributed by atoms with Gasteiger partial charge in [0.15, 0.2) is 9.84 Å². The molecule has 3 heterocycles. The number of benzene rings is 2. The van der Waals surface area contributed by atoms with Crippen LogP contribution in [0.25, 0.3) is 0 Å². The van der Waals surface area contributed by atoms with Crippen LogP contribution in [0.15, 0.2) is 59.5 Å². The number of imide groups is 1. The van der Waals surface area contributed by atoms with Gasteiger partial charge in [-0.05, 0) is 54.9 Å². The third kappa shape index (κ3) is 6.63. The SMILES string of the molecule is CS(=O)(=O)c1ccc(CN2C(=O)NC3(CCN(C[C@H]4CN(C(=O)C5CCC(F)(F)CC5)C[C@@H]4c4ccccc4)CC3)C2=O)cc1. The Morgan fingerprint density at radius 1 is 0.933 bits per heavy atom. The first kappa shape index (κ1) is 31.6. The van der Waals surface area contributed by atoms with Crippen molar-refractivity contribution in [1.82, 2.24) is 20.0 Å². The Morgan fingerprint density at radius 3 is 2.20 bits per heavy atom. The summed E-state index contributed by atoms with van der Waals surface area (Å²) in [5.74, 6) is -3.05. The van der Waals surface area contributed by atoms with Gasteiger partial charge in [0.05, 0.1) is 11.4 Å². The number of carbonyl (C=O) groups is 3. The third-order valence-corrected chi connectivity index (χ3v) is 11.3. The molecule has 1 saturated carbocycles. The second-order valence-corrected chi connectivity index (χ2v) is 15.3. The second-order valence-electron chi connectivity index (χ2n) is 13.3. The maximum atomic E-state index is 13.8. The first-order valence-corrected chi connectivity index (χ1v) is 17.6. The molecular formula is C33H40F2N4O5S. The molecule has 2 aromatic carbocycles. The molecule has 12 heteroatoms. The van der Waals surface area contributed by atoms with Gasteiger partial charge in [0.1, 0.15) is 5.54 Å². The lowest BCUT2D eigenvalue weighted by Crippen LogP contribution is -2.55. The van der Waals surface area contributed by atoms with Crippen LogP contribution in [0.5, 0.6) is 0 Å². The van der Waals surface area contributed by atoms with Crippen molar-refractivity contribution in [2.75, 3.05) is 39.0 Å². The highest BCUT2D eigenvalue weighted by Gasteiger charge is 2.52. The van der Waals surface area contributed by atoms with Gasteiger partial charge in [-0.2, -0.15) is 0 Å². The van der Waals surface area contributed by atoms with Crippen LogP contribution in [0.4, 0.5) is 13.6 Å². The number of rotatable bonds is 7. The van der Waals surface area contributed by atoms with Crippen LogP contribution in [0.3, 0.4) is 0 Å². The van der Waals surface area contributed by atoms with Crippen molar-refractivity contribution in [3.63, 3.8) is 0 Å². The molecule has 0 unspecified atom stereocenters. The molecule has 4 amide bonds. The van der Waals surface area contributed by atoms with E-state index in [0.717, 1.165) is 18.4 Å². The highest BCUT2D eigenvalue weighted by Crippen LogP contribution is 2.40. The number of nitrogens with zero attached hydrogens (tertiary/aromatic N) is 3. The molecule has 9 nitrogen and oxygen atoms in total. The second kappa shape index (κ2) is 12.1. The summed E-state index contributed by atoms with van der Waals surface area (Å²) < 4.78 is 51.1. The first-order valence-electron chi connectivity index (χ1n) is 15.7. The number of amides is 4. The molecule has 4 aliphatic rings. The van der Waals surface area contributed by atoms with Gasteiger partial charge in [0, 0.05) is 63.7 Å². The molecule has 1 N–H and O–H groups in total. The Labute approximate surface area is 262 Å². The fourth-order valence-corrected chi connectivity index (χ4v) is 8.12. The van der Waals surface area contributed by atoms with Crippen LogP contribution < -0.4 is 5.32 Å². The summed E-state index contributed by atoms with van der Waals surface area (Å²) in [4.78, 5) is 45.5. The highest BCUT2D eigenvalue weighted by molar-refractivity contribution is 7.90. The lowest BCUT2D eigenvalue weighted by molar-refractivity contribution is -0.139. The molecule has 2 aromatic rings. The smallest absolute Gasteiger partial charge is 0.325 e. The van der Waals surface area contributed by atoms with Crippen molar-refractivity contribution in [3.05, 3.63) is 65.7 Å². The summed E-state index contributed by atoms with van der Waals surface area (Å²) in [5.41, 5.74) is 0.842. The Kier molecular flexibility index (Phi) is 8.49. The zero-order valence-corrected chi connectivity index (χ0v) is 26.3. The Hall–Kier alpha value is -3.38. The standard InChI is InChI=1S/C33H40F2N4O5S/c1-45(43,44)27-9-7-23(8-10-27)19-39-30(41)32(36-31(39)42)15-17-37(18-16-32)20-26-21-38(22-28(26)24-5-3-2-4-6-24)29(40)25-11-13-33(34,35)14-12-25/h2-10,25-26,28H,11-22H2,1H3,(H,36,42)/t26-,28+/m0/s1. The number of urea groups is 1. The molecule has 242 valence electrons. The maximum Gasteiger partial charge on any atom is 0.325 e. The minimum Gasteiger partial charge on any atom is -0.341 e. The molecule has 3 aliphatic heterocycles. The van der Waals surface area contributed by atoms with Crippen molar-refractivity contribution in [2.24, 2.45) is 11.8 Å². The molecule has 6 rings (SSSR count). The van der Waals surface area contributed by atoms with Gasteiger partial charge < -0.3 is 15.1 Å². The number of likely N-dealkylation sites (tertiary alicyclic amines) is 2. The number of sulfone groups is 1. The lowest BCUT2D eigenvalue weighted by atomic mass is 9.85. The lowest BCUT2D eigenvalue weighted by Gasteiger charge is -2.39. The fraction of sp³-hybridized carbons (Fsp3) is 0.545. The first-order chi connectivity index (χ1) is 21.3. The van der Waals surface area contributed by atoms with Crippen molar-refractivity contribution in [2.45, 2.75) is 67.3 Å². The average Bonchev–Trinajstić information content (AvgIpc) is 3.53. The number of hydrogen-bond acceptors (Lipinski definition) is 6. The number of halogens is 2.